The van der Waals surface area contributed by atoms with E-state index in [0.717, 1.165) is 19.4 Å². The lowest BCUT2D eigenvalue weighted by atomic mass is 9.97. The number of hydrogen-bond donors (Lipinski definition) is 1. The van der Waals surface area contributed by atoms with Gasteiger partial charge >= 0.3 is 0 Å². The number of hydrogen-bond acceptors (Lipinski definition) is 1. The SMILES string of the molecule is Cc1ccccc1-c1cccc(CCCCN)c1. The molecule has 2 aromatic carbocycles. The molecule has 0 heterocycles. The minimum atomic E-state index is 0.789. The molecular formula is C17H21N. The summed E-state index contributed by atoms with van der Waals surface area (Å²) < 4.78 is 0. The Balaban J connectivity index is 2.19. The zero-order chi connectivity index (χ0) is 12.8. The number of unbranched alkanes of at least 4 members (excludes halogenated alkanes) is 1. The zero-order valence-corrected chi connectivity index (χ0v) is 11.0. The Kier molecular flexibility index (Phi) is 4.54. The topological polar surface area (TPSA) is 26.0 Å². The Morgan fingerprint density at radius 2 is 1.78 bits per heavy atom. The molecule has 0 aliphatic carbocycles. The highest BCUT2D eigenvalue weighted by molar-refractivity contribution is 5.67. The van der Waals surface area contributed by atoms with E-state index in [4.69, 9.17) is 5.73 Å². The molecule has 18 heavy (non-hydrogen) atoms. The second-order valence-corrected chi connectivity index (χ2v) is 4.76. The average molecular weight is 239 g/mol. The van der Waals surface area contributed by atoms with Crippen LogP contribution in [0.15, 0.2) is 48.5 Å². The van der Waals surface area contributed by atoms with E-state index in [-0.39, 0.29) is 0 Å². The van der Waals surface area contributed by atoms with Crippen LogP contribution >= 0.6 is 0 Å². The predicted octanol–water partition coefficient (Wildman–Crippen LogP) is 3.94. The molecule has 0 amide bonds. The Labute approximate surface area is 110 Å². The lowest BCUT2D eigenvalue weighted by molar-refractivity contribution is 0.745. The first-order chi connectivity index (χ1) is 8.81. The van der Waals surface area contributed by atoms with Gasteiger partial charge in [-0.2, -0.15) is 0 Å². The molecule has 2 N–H and O–H groups in total. The summed E-state index contributed by atoms with van der Waals surface area (Å²) in [6, 6.07) is 17.4. The summed E-state index contributed by atoms with van der Waals surface area (Å²) in [5.41, 5.74) is 10.9. The molecule has 0 atom stereocenters. The van der Waals surface area contributed by atoms with Crippen molar-refractivity contribution >= 4 is 0 Å². The highest BCUT2D eigenvalue weighted by Gasteiger charge is 2.01. The Morgan fingerprint density at radius 1 is 0.944 bits per heavy atom. The maximum absolute atomic E-state index is 5.53. The van der Waals surface area contributed by atoms with Gasteiger partial charge in [0.05, 0.1) is 0 Å². The van der Waals surface area contributed by atoms with Crippen LogP contribution in [0.1, 0.15) is 24.0 Å². The van der Waals surface area contributed by atoms with E-state index in [1.807, 2.05) is 0 Å². The summed E-state index contributed by atoms with van der Waals surface area (Å²) >= 11 is 0. The predicted molar refractivity (Wildman–Crippen MR) is 78.6 cm³/mol. The molecule has 0 saturated heterocycles. The molecule has 0 aliphatic heterocycles. The van der Waals surface area contributed by atoms with Gasteiger partial charge in [-0.15, -0.1) is 0 Å². The fourth-order valence-electron chi connectivity index (χ4n) is 2.26. The van der Waals surface area contributed by atoms with E-state index < -0.39 is 0 Å². The summed E-state index contributed by atoms with van der Waals surface area (Å²) in [7, 11) is 0. The smallest absolute Gasteiger partial charge is 0.00772 e. The lowest BCUT2D eigenvalue weighted by Gasteiger charge is -2.08. The van der Waals surface area contributed by atoms with Crippen LogP contribution in [0, 0.1) is 6.92 Å². The third kappa shape index (κ3) is 3.21. The molecule has 0 aliphatic rings. The summed E-state index contributed by atoms with van der Waals surface area (Å²) in [4.78, 5) is 0. The Morgan fingerprint density at radius 3 is 2.56 bits per heavy atom. The van der Waals surface area contributed by atoms with Gasteiger partial charge in [0.2, 0.25) is 0 Å². The third-order valence-electron chi connectivity index (χ3n) is 3.30. The molecular weight excluding hydrogens is 218 g/mol. The van der Waals surface area contributed by atoms with Crippen LogP contribution in [-0.4, -0.2) is 6.54 Å². The lowest BCUT2D eigenvalue weighted by Crippen LogP contribution is -1.99. The monoisotopic (exact) mass is 239 g/mol. The van der Waals surface area contributed by atoms with Crippen LogP contribution in [0.25, 0.3) is 11.1 Å². The van der Waals surface area contributed by atoms with Crippen LogP contribution < -0.4 is 5.73 Å². The van der Waals surface area contributed by atoms with E-state index in [1.165, 1.54) is 28.7 Å². The van der Waals surface area contributed by atoms with Gasteiger partial charge in [0, 0.05) is 0 Å². The highest BCUT2D eigenvalue weighted by atomic mass is 14.5. The number of rotatable bonds is 5. The van der Waals surface area contributed by atoms with Crippen LogP contribution in [0.3, 0.4) is 0 Å². The molecule has 0 aromatic heterocycles. The largest absolute Gasteiger partial charge is 0.330 e. The third-order valence-corrected chi connectivity index (χ3v) is 3.30. The Hall–Kier alpha value is -1.60. The quantitative estimate of drug-likeness (QED) is 0.786. The fourth-order valence-corrected chi connectivity index (χ4v) is 2.26. The van der Waals surface area contributed by atoms with Crippen molar-refractivity contribution in [2.75, 3.05) is 6.54 Å². The van der Waals surface area contributed by atoms with Gasteiger partial charge in [-0.05, 0) is 55.0 Å². The summed E-state index contributed by atoms with van der Waals surface area (Å²) in [5.74, 6) is 0. The van der Waals surface area contributed by atoms with E-state index >= 15 is 0 Å². The first-order valence-electron chi connectivity index (χ1n) is 6.66. The molecule has 0 fully saturated rings. The van der Waals surface area contributed by atoms with E-state index in [2.05, 4.69) is 55.5 Å². The van der Waals surface area contributed by atoms with Gasteiger partial charge in [0.15, 0.2) is 0 Å². The van der Waals surface area contributed by atoms with Crippen molar-refractivity contribution in [3.05, 3.63) is 59.7 Å². The summed E-state index contributed by atoms with van der Waals surface area (Å²) in [6.07, 6.45) is 3.40. The normalized spacial score (nSPS) is 10.6. The highest BCUT2D eigenvalue weighted by Crippen LogP contribution is 2.24. The van der Waals surface area contributed by atoms with Crippen LogP contribution in [0.2, 0.25) is 0 Å². The maximum Gasteiger partial charge on any atom is -0.00772 e. The molecule has 0 bridgehead atoms. The van der Waals surface area contributed by atoms with Crippen molar-refractivity contribution < 1.29 is 0 Å². The van der Waals surface area contributed by atoms with Gasteiger partial charge < -0.3 is 5.73 Å². The minimum absolute atomic E-state index is 0.789. The molecule has 94 valence electrons. The average Bonchev–Trinajstić information content (AvgIpc) is 2.40. The zero-order valence-electron chi connectivity index (χ0n) is 11.0. The first kappa shape index (κ1) is 12.8. The molecule has 1 heteroatoms. The van der Waals surface area contributed by atoms with Crippen molar-refractivity contribution in [2.45, 2.75) is 26.2 Å². The van der Waals surface area contributed by atoms with E-state index in [1.54, 1.807) is 0 Å². The minimum Gasteiger partial charge on any atom is -0.330 e. The summed E-state index contributed by atoms with van der Waals surface area (Å²) in [6.45, 7) is 2.95. The van der Waals surface area contributed by atoms with E-state index in [9.17, 15) is 0 Å². The van der Waals surface area contributed by atoms with Crippen molar-refractivity contribution in [2.24, 2.45) is 5.73 Å². The van der Waals surface area contributed by atoms with Crippen LogP contribution in [0.4, 0.5) is 0 Å². The number of aryl methyl sites for hydroxylation is 2. The molecule has 0 saturated carbocycles. The van der Waals surface area contributed by atoms with Gasteiger partial charge in [0.1, 0.15) is 0 Å². The fraction of sp³-hybridized carbons (Fsp3) is 0.294. The number of nitrogens with two attached hydrogens (primary N) is 1. The Bertz CT molecular complexity index is 502. The van der Waals surface area contributed by atoms with Crippen molar-refractivity contribution in [1.29, 1.82) is 0 Å². The standard InChI is InChI=1S/C17H21N/c1-14-7-2-3-11-17(14)16-10-6-9-15(13-16)8-4-5-12-18/h2-3,6-7,9-11,13H,4-5,8,12,18H2,1H3. The van der Waals surface area contributed by atoms with Gasteiger partial charge in [-0.1, -0.05) is 48.5 Å². The van der Waals surface area contributed by atoms with Crippen molar-refractivity contribution in [1.82, 2.24) is 0 Å². The number of benzene rings is 2. The van der Waals surface area contributed by atoms with Gasteiger partial charge in [-0.25, -0.2) is 0 Å². The van der Waals surface area contributed by atoms with Gasteiger partial charge in [0.25, 0.3) is 0 Å². The second-order valence-electron chi connectivity index (χ2n) is 4.76. The maximum atomic E-state index is 5.53. The molecule has 0 spiro atoms. The van der Waals surface area contributed by atoms with E-state index in [0.29, 0.717) is 0 Å². The molecule has 0 radical (unpaired) electrons. The first-order valence-corrected chi connectivity index (χ1v) is 6.66. The summed E-state index contributed by atoms with van der Waals surface area (Å²) in [5, 5.41) is 0. The molecule has 2 aromatic rings. The van der Waals surface area contributed by atoms with Gasteiger partial charge in [-0.3, -0.25) is 0 Å². The van der Waals surface area contributed by atoms with Crippen LogP contribution in [-0.2, 0) is 6.42 Å². The second kappa shape index (κ2) is 6.36. The molecule has 2 rings (SSSR count). The van der Waals surface area contributed by atoms with Crippen molar-refractivity contribution in [3.63, 3.8) is 0 Å². The molecule has 0 unspecified atom stereocenters. The molecule has 1 nitrogen and oxygen atoms in total. The van der Waals surface area contributed by atoms with Crippen molar-refractivity contribution in [3.8, 4) is 11.1 Å². The van der Waals surface area contributed by atoms with Crippen LogP contribution in [0.5, 0.6) is 0 Å².